The molecule has 1 N–H and O–H groups in total. The first-order chi connectivity index (χ1) is 14.7. The summed E-state index contributed by atoms with van der Waals surface area (Å²) < 4.78 is 39.1. The number of carboxylic acids is 1. The van der Waals surface area contributed by atoms with E-state index in [0.717, 1.165) is 16.6 Å². The van der Waals surface area contributed by atoms with Crippen molar-refractivity contribution in [2.45, 2.75) is 25.4 Å². The third kappa shape index (κ3) is 5.37. The molecular weight excluding hydrogens is 417 g/mol. The van der Waals surface area contributed by atoms with Gasteiger partial charge in [0.25, 0.3) is 5.91 Å². The van der Waals surface area contributed by atoms with Crippen LogP contribution in [-0.4, -0.2) is 62.6 Å². The zero-order chi connectivity index (χ0) is 22.6. The second-order valence-corrected chi connectivity index (χ2v) is 6.74. The van der Waals surface area contributed by atoms with E-state index in [9.17, 15) is 18.0 Å². The predicted octanol–water partition coefficient (Wildman–Crippen LogP) is 2.74. The van der Waals surface area contributed by atoms with Gasteiger partial charge in [0.2, 0.25) is 0 Å². The van der Waals surface area contributed by atoms with E-state index in [1.54, 1.807) is 24.3 Å². The van der Waals surface area contributed by atoms with E-state index in [-0.39, 0.29) is 12.0 Å². The molecule has 1 aliphatic rings. The number of hydrogen-bond donors (Lipinski definition) is 1. The summed E-state index contributed by atoms with van der Waals surface area (Å²) in [6.07, 6.45) is -3.42. The number of benzene rings is 1. The van der Waals surface area contributed by atoms with Crippen LogP contribution in [0.3, 0.4) is 0 Å². The number of alkyl halides is 3. The van der Waals surface area contributed by atoms with Crippen molar-refractivity contribution in [2.24, 2.45) is 0 Å². The Morgan fingerprint density at radius 2 is 1.84 bits per heavy atom. The van der Waals surface area contributed by atoms with Crippen molar-refractivity contribution in [2.75, 3.05) is 13.7 Å². The van der Waals surface area contributed by atoms with Crippen molar-refractivity contribution < 1.29 is 32.6 Å². The number of ether oxygens (including phenoxy) is 1. The number of rotatable bonds is 2. The molecule has 1 aromatic carbocycles. The van der Waals surface area contributed by atoms with E-state index in [0.29, 0.717) is 25.3 Å². The minimum Gasteiger partial charge on any atom is -0.475 e. The van der Waals surface area contributed by atoms with Crippen LogP contribution in [0, 0.1) is 0 Å². The Morgan fingerprint density at radius 1 is 1.13 bits per heavy atom. The van der Waals surface area contributed by atoms with Crippen molar-refractivity contribution in [3.05, 3.63) is 60.0 Å². The lowest BCUT2D eigenvalue weighted by Crippen LogP contribution is -2.37. The summed E-state index contributed by atoms with van der Waals surface area (Å²) in [7, 11) is 1.66. The van der Waals surface area contributed by atoms with Crippen molar-refractivity contribution in [3.8, 4) is 0 Å². The Hall–Kier alpha value is -3.47. The number of nitrogens with zero attached hydrogens (tertiary/aromatic N) is 4. The van der Waals surface area contributed by atoms with Crippen LogP contribution in [0.5, 0.6) is 0 Å². The van der Waals surface area contributed by atoms with E-state index in [2.05, 4.69) is 10.1 Å². The summed E-state index contributed by atoms with van der Waals surface area (Å²) in [6, 6.07) is 13.5. The van der Waals surface area contributed by atoms with Gasteiger partial charge in [0, 0.05) is 25.2 Å². The standard InChI is InChI=1S/C18H18N4O2.C2HF3O2/c1-24-15-11-21(10-14-8-9-19-22(14)12-15)18(23)17-7-6-13-4-2-3-5-16(13)20-17;3-2(4,5)1(6)7/h2-9,15H,10-12H2,1H3;(H,6,7). The maximum atomic E-state index is 13.0. The lowest BCUT2D eigenvalue weighted by Gasteiger charge is -2.23. The molecule has 2 aromatic heterocycles. The Balaban J connectivity index is 0.000000339. The summed E-state index contributed by atoms with van der Waals surface area (Å²) in [4.78, 5) is 28.2. The zero-order valence-electron chi connectivity index (χ0n) is 16.4. The molecule has 0 fully saturated rings. The number of hydrogen-bond acceptors (Lipinski definition) is 5. The molecule has 1 atom stereocenters. The molecule has 0 saturated heterocycles. The predicted molar refractivity (Wildman–Crippen MR) is 103 cm³/mol. The first-order valence-electron chi connectivity index (χ1n) is 9.17. The first-order valence-corrected chi connectivity index (χ1v) is 9.17. The fourth-order valence-electron chi connectivity index (χ4n) is 3.07. The van der Waals surface area contributed by atoms with E-state index in [1.165, 1.54) is 0 Å². The Kier molecular flexibility index (Phi) is 6.54. The molecule has 1 amide bonds. The van der Waals surface area contributed by atoms with Gasteiger partial charge in [0.1, 0.15) is 5.69 Å². The molecule has 8 nitrogen and oxygen atoms in total. The maximum absolute atomic E-state index is 13.0. The number of carbonyl (C=O) groups excluding carboxylic acids is 1. The van der Waals surface area contributed by atoms with Gasteiger partial charge in [0.15, 0.2) is 0 Å². The molecule has 31 heavy (non-hydrogen) atoms. The summed E-state index contributed by atoms with van der Waals surface area (Å²) in [6.45, 7) is 1.67. The average molecular weight is 436 g/mol. The van der Waals surface area contributed by atoms with Gasteiger partial charge in [-0.25, -0.2) is 9.78 Å². The van der Waals surface area contributed by atoms with Crippen molar-refractivity contribution >= 4 is 22.8 Å². The summed E-state index contributed by atoms with van der Waals surface area (Å²) in [5.74, 6) is -2.84. The van der Waals surface area contributed by atoms with Crippen LogP contribution in [0.2, 0.25) is 0 Å². The maximum Gasteiger partial charge on any atom is 0.490 e. The second kappa shape index (κ2) is 9.13. The minimum absolute atomic E-state index is 0.0857. The number of carboxylic acid groups (broad SMARTS) is 1. The molecule has 0 bridgehead atoms. The largest absolute Gasteiger partial charge is 0.490 e. The highest BCUT2D eigenvalue weighted by Gasteiger charge is 2.38. The Morgan fingerprint density at radius 3 is 2.52 bits per heavy atom. The third-order valence-electron chi connectivity index (χ3n) is 4.64. The first kappa shape index (κ1) is 22.2. The lowest BCUT2D eigenvalue weighted by atomic mass is 10.2. The molecule has 0 radical (unpaired) electrons. The second-order valence-electron chi connectivity index (χ2n) is 6.74. The number of aromatic nitrogens is 3. The lowest BCUT2D eigenvalue weighted by molar-refractivity contribution is -0.192. The van der Waals surface area contributed by atoms with E-state index >= 15 is 0 Å². The van der Waals surface area contributed by atoms with Crippen LogP contribution in [-0.2, 0) is 22.6 Å². The number of fused-ring (bicyclic) bond motifs is 2. The molecule has 0 spiro atoms. The van der Waals surface area contributed by atoms with Gasteiger partial charge in [-0.1, -0.05) is 24.3 Å². The summed E-state index contributed by atoms with van der Waals surface area (Å²) >= 11 is 0. The molecule has 1 unspecified atom stereocenters. The van der Waals surface area contributed by atoms with Crippen LogP contribution in [0.15, 0.2) is 48.7 Å². The fourth-order valence-corrected chi connectivity index (χ4v) is 3.07. The van der Waals surface area contributed by atoms with E-state index < -0.39 is 12.1 Å². The number of amides is 1. The zero-order valence-corrected chi connectivity index (χ0v) is 16.4. The quantitative estimate of drug-likeness (QED) is 0.664. The van der Waals surface area contributed by atoms with Crippen LogP contribution >= 0.6 is 0 Å². The van der Waals surface area contributed by atoms with Crippen LogP contribution in [0.25, 0.3) is 10.9 Å². The number of halogens is 3. The smallest absolute Gasteiger partial charge is 0.475 e. The van der Waals surface area contributed by atoms with Gasteiger partial charge in [-0.05, 0) is 18.2 Å². The van der Waals surface area contributed by atoms with Gasteiger partial charge in [-0.15, -0.1) is 0 Å². The van der Waals surface area contributed by atoms with Crippen molar-refractivity contribution in [1.29, 1.82) is 0 Å². The minimum atomic E-state index is -5.08. The third-order valence-corrected chi connectivity index (χ3v) is 4.64. The molecule has 3 heterocycles. The Bertz CT molecular complexity index is 1080. The van der Waals surface area contributed by atoms with Crippen LogP contribution < -0.4 is 0 Å². The summed E-state index contributed by atoms with van der Waals surface area (Å²) in [5, 5.41) is 12.5. The van der Waals surface area contributed by atoms with E-state index in [1.807, 2.05) is 41.1 Å². The Labute approximate surface area is 174 Å². The number of para-hydroxylation sites is 1. The van der Waals surface area contributed by atoms with Crippen LogP contribution in [0.4, 0.5) is 13.2 Å². The molecule has 3 aromatic rings. The van der Waals surface area contributed by atoms with Gasteiger partial charge in [-0.3, -0.25) is 9.48 Å². The summed E-state index contributed by atoms with van der Waals surface area (Å²) in [5.41, 5.74) is 2.28. The highest BCUT2D eigenvalue weighted by Crippen LogP contribution is 2.18. The molecular formula is C20H19F3N4O4. The topological polar surface area (TPSA) is 97.5 Å². The highest BCUT2D eigenvalue weighted by molar-refractivity contribution is 5.94. The number of methoxy groups -OCH3 is 1. The SMILES string of the molecule is COC1CN(C(=O)c2ccc3ccccc3n2)Cc2ccnn2C1.O=C(O)C(F)(F)F. The van der Waals surface area contributed by atoms with Gasteiger partial charge >= 0.3 is 12.1 Å². The molecule has 164 valence electrons. The van der Waals surface area contributed by atoms with Crippen molar-refractivity contribution in [1.82, 2.24) is 19.7 Å². The van der Waals surface area contributed by atoms with Crippen LogP contribution in [0.1, 0.15) is 16.2 Å². The number of carbonyl (C=O) groups is 2. The molecule has 0 saturated carbocycles. The average Bonchev–Trinajstić information content (AvgIpc) is 3.10. The van der Waals surface area contributed by atoms with E-state index in [4.69, 9.17) is 14.6 Å². The van der Waals surface area contributed by atoms with Crippen molar-refractivity contribution in [3.63, 3.8) is 0 Å². The molecule has 1 aliphatic heterocycles. The van der Waals surface area contributed by atoms with Gasteiger partial charge < -0.3 is 14.7 Å². The van der Waals surface area contributed by atoms with Gasteiger partial charge in [-0.2, -0.15) is 18.3 Å². The highest BCUT2D eigenvalue weighted by atomic mass is 19.4. The fraction of sp³-hybridized carbons (Fsp3) is 0.300. The number of pyridine rings is 1. The normalized spacial score (nSPS) is 16.1. The number of aliphatic carboxylic acids is 1. The molecule has 4 rings (SSSR count). The monoisotopic (exact) mass is 436 g/mol. The van der Waals surface area contributed by atoms with Gasteiger partial charge in [0.05, 0.1) is 30.4 Å². The molecule has 0 aliphatic carbocycles. The molecule has 11 heteroatoms.